The smallest absolute Gasteiger partial charge is 0.00187 e. The first-order valence-electron chi connectivity index (χ1n) is 7.68. The minimum atomic E-state index is 1.27. The largest absolute Gasteiger partial charge is 0.303 e. The van der Waals surface area contributed by atoms with E-state index in [4.69, 9.17) is 0 Å². The van der Waals surface area contributed by atoms with Crippen molar-refractivity contribution >= 4 is 0 Å². The summed E-state index contributed by atoms with van der Waals surface area (Å²) in [5.41, 5.74) is 0. The Morgan fingerprint density at radius 1 is 0.765 bits per heavy atom. The van der Waals surface area contributed by atoms with Crippen LogP contribution < -0.4 is 0 Å². The maximum atomic E-state index is 2.62. The molecule has 0 aliphatic carbocycles. The highest BCUT2D eigenvalue weighted by atomic mass is 15.1. The van der Waals surface area contributed by atoms with Crippen LogP contribution in [0.1, 0.15) is 72.1 Å². The molecule has 0 atom stereocenters. The summed E-state index contributed by atoms with van der Waals surface area (Å²) in [6.45, 7) is 10.6. The van der Waals surface area contributed by atoms with Crippen LogP contribution in [-0.2, 0) is 0 Å². The molecule has 0 saturated heterocycles. The number of nitrogens with zero attached hydrogens (tertiary/aromatic N) is 1. The topological polar surface area (TPSA) is 3.24 Å². The molecule has 0 fully saturated rings. The van der Waals surface area contributed by atoms with Gasteiger partial charge in [-0.15, -0.1) is 0 Å². The molecule has 0 N–H and O–H groups in total. The third-order valence-corrected chi connectivity index (χ3v) is 3.16. The summed E-state index contributed by atoms with van der Waals surface area (Å²) in [6, 6.07) is 0. The SMILES string of the molecule is C/C=C/CCCCCCCN(CCC)CCC. The van der Waals surface area contributed by atoms with E-state index in [1.54, 1.807) is 0 Å². The molecule has 1 nitrogen and oxygen atoms in total. The van der Waals surface area contributed by atoms with Crippen LogP contribution in [0.3, 0.4) is 0 Å². The van der Waals surface area contributed by atoms with Gasteiger partial charge in [-0.3, -0.25) is 0 Å². The second-order valence-electron chi connectivity index (χ2n) is 4.97. The lowest BCUT2D eigenvalue weighted by Gasteiger charge is -2.20. The van der Waals surface area contributed by atoms with Crippen LogP contribution in [0.2, 0.25) is 0 Å². The molecule has 0 radical (unpaired) electrons. The van der Waals surface area contributed by atoms with E-state index in [1.807, 2.05) is 0 Å². The van der Waals surface area contributed by atoms with Gasteiger partial charge in [-0.25, -0.2) is 0 Å². The summed E-state index contributed by atoms with van der Waals surface area (Å²) in [7, 11) is 0. The van der Waals surface area contributed by atoms with E-state index < -0.39 is 0 Å². The molecule has 0 saturated carbocycles. The monoisotopic (exact) mass is 239 g/mol. The average Bonchev–Trinajstić information content (AvgIpc) is 2.33. The number of hydrogen-bond donors (Lipinski definition) is 0. The van der Waals surface area contributed by atoms with E-state index in [2.05, 4.69) is 37.8 Å². The number of allylic oxidation sites excluding steroid dienone is 2. The first-order valence-corrected chi connectivity index (χ1v) is 7.68. The molecule has 0 spiro atoms. The predicted molar refractivity (Wildman–Crippen MR) is 79.5 cm³/mol. The molecule has 0 aliphatic rings. The molecule has 0 unspecified atom stereocenters. The molecule has 17 heavy (non-hydrogen) atoms. The molecular formula is C16H33N. The molecule has 0 aromatic carbocycles. The third kappa shape index (κ3) is 12.0. The molecule has 0 aliphatic heterocycles. The van der Waals surface area contributed by atoms with Gasteiger partial charge in [0.1, 0.15) is 0 Å². The second kappa shape index (κ2) is 13.8. The van der Waals surface area contributed by atoms with E-state index in [0.717, 1.165) is 0 Å². The van der Waals surface area contributed by atoms with Gasteiger partial charge in [0.2, 0.25) is 0 Å². The van der Waals surface area contributed by atoms with Gasteiger partial charge in [0.25, 0.3) is 0 Å². The molecule has 0 rings (SSSR count). The van der Waals surface area contributed by atoms with Crippen LogP contribution >= 0.6 is 0 Å². The maximum Gasteiger partial charge on any atom is -0.00187 e. The predicted octanol–water partition coefficient (Wildman–Crippen LogP) is 5.03. The number of hydrogen-bond acceptors (Lipinski definition) is 1. The van der Waals surface area contributed by atoms with Crippen molar-refractivity contribution in [2.75, 3.05) is 19.6 Å². The fourth-order valence-corrected chi connectivity index (χ4v) is 2.26. The highest BCUT2D eigenvalue weighted by Gasteiger charge is 2.01. The molecule has 1 heteroatoms. The number of unbranched alkanes of at least 4 members (excludes halogenated alkanes) is 5. The Balaban J connectivity index is 3.29. The van der Waals surface area contributed by atoms with Crippen LogP contribution in [0.15, 0.2) is 12.2 Å². The summed E-state index contributed by atoms with van der Waals surface area (Å²) in [6.07, 6.45) is 15.3. The van der Waals surface area contributed by atoms with E-state index >= 15 is 0 Å². The molecule has 102 valence electrons. The van der Waals surface area contributed by atoms with Crippen LogP contribution in [0.4, 0.5) is 0 Å². The van der Waals surface area contributed by atoms with Gasteiger partial charge in [-0.1, -0.05) is 45.3 Å². The maximum absolute atomic E-state index is 2.62. The van der Waals surface area contributed by atoms with E-state index in [0.29, 0.717) is 0 Å². The Kier molecular flexibility index (Phi) is 13.5. The summed E-state index contributed by atoms with van der Waals surface area (Å²) in [5, 5.41) is 0. The van der Waals surface area contributed by atoms with Crippen molar-refractivity contribution < 1.29 is 0 Å². The van der Waals surface area contributed by atoms with Gasteiger partial charge in [0.05, 0.1) is 0 Å². The van der Waals surface area contributed by atoms with Crippen LogP contribution in [0.5, 0.6) is 0 Å². The Morgan fingerprint density at radius 3 is 1.94 bits per heavy atom. The zero-order chi connectivity index (χ0) is 12.8. The van der Waals surface area contributed by atoms with E-state index in [1.165, 1.54) is 71.0 Å². The highest BCUT2D eigenvalue weighted by molar-refractivity contribution is 4.76. The minimum Gasteiger partial charge on any atom is -0.303 e. The molecule has 0 aromatic rings. The van der Waals surface area contributed by atoms with Gasteiger partial charge in [-0.05, 0) is 58.7 Å². The summed E-state index contributed by atoms with van der Waals surface area (Å²) >= 11 is 0. The first kappa shape index (κ1) is 16.7. The van der Waals surface area contributed by atoms with Gasteiger partial charge >= 0.3 is 0 Å². The van der Waals surface area contributed by atoms with Gasteiger partial charge in [0.15, 0.2) is 0 Å². The van der Waals surface area contributed by atoms with Gasteiger partial charge < -0.3 is 4.90 Å². The van der Waals surface area contributed by atoms with E-state index in [-0.39, 0.29) is 0 Å². The van der Waals surface area contributed by atoms with Crippen LogP contribution in [0, 0.1) is 0 Å². The van der Waals surface area contributed by atoms with Gasteiger partial charge in [-0.2, -0.15) is 0 Å². The Morgan fingerprint density at radius 2 is 1.35 bits per heavy atom. The van der Waals surface area contributed by atoms with Crippen molar-refractivity contribution in [3.8, 4) is 0 Å². The average molecular weight is 239 g/mol. The zero-order valence-corrected chi connectivity index (χ0v) is 12.4. The van der Waals surface area contributed by atoms with Crippen molar-refractivity contribution in [1.82, 2.24) is 4.90 Å². The lowest BCUT2D eigenvalue weighted by Crippen LogP contribution is -2.26. The summed E-state index contributed by atoms with van der Waals surface area (Å²) in [4.78, 5) is 2.62. The Bertz CT molecular complexity index is 157. The summed E-state index contributed by atoms with van der Waals surface area (Å²) < 4.78 is 0. The fourth-order valence-electron chi connectivity index (χ4n) is 2.26. The lowest BCUT2D eigenvalue weighted by atomic mass is 10.1. The standard InChI is InChI=1S/C16H33N/c1-4-7-8-9-10-11-12-13-16-17(14-5-2)15-6-3/h4,7H,5-6,8-16H2,1-3H3/b7-4+. The second-order valence-corrected chi connectivity index (χ2v) is 4.97. The molecular weight excluding hydrogens is 206 g/mol. The van der Waals surface area contributed by atoms with Crippen molar-refractivity contribution in [3.63, 3.8) is 0 Å². The Hall–Kier alpha value is -0.300. The lowest BCUT2D eigenvalue weighted by molar-refractivity contribution is 0.268. The zero-order valence-electron chi connectivity index (χ0n) is 12.4. The van der Waals surface area contributed by atoms with Crippen LogP contribution in [0.25, 0.3) is 0 Å². The van der Waals surface area contributed by atoms with Crippen molar-refractivity contribution in [2.24, 2.45) is 0 Å². The molecule has 0 aromatic heterocycles. The number of rotatable bonds is 12. The summed E-state index contributed by atoms with van der Waals surface area (Å²) in [5.74, 6) is 0. The third-order valence-electron chi connectivity index (χ3n) is 3.16. The normalized spacial score (nSPS) is 11.8. The quantitative estimate of drug-likeness (QED) is 0.341. The van der Waals surface area contributed by atoms with Crippen molar-refractivity contribution in [1.29, 1.82) is 0 Å². The van der Waals surface area contributed by atoms with Crippen LogP contribution in [-0.4, -0.2) is 24.5 Å². The molecule has 0 bridgehead atoms. The first-order chi connectivity index (χ1) is 8.35. The van der Waals surface area contributed by atoms with E-state index in [9.17, 15) is 0 Å². The highest BCUT2D eigenvalue weighted by Crippen LogP contribution is 2.07. The Labute approximate surface area is 109 Å². The van der Waals surface area contributed by atoms with Crippen molar-refractivity contribution in [3.05, 3.63) is 12.2 Å². The molecule has 0 heterocycles. The fraction of sp³-hybridized carbons (Fsp3) is 0.875. The van der Waals surface area contributed by atoms with Crippen molar-refractivity contribution in [2.45, 2.75) is 72.1 Å². The van der Waals surface area contributed by atoms with Gasteiger partial charge in [0, 0.05) is 0 Å². The molecule has 0 amide bonds. The minimum absolute atomic E-state index is 1.27.